The summed E-state index contributed by atoms with van der Waals surface area (Å²) in [5.41, 5.74) is 3.91. The van der Waals surface area contributed by atoms with Gasteiger partial charge in [0.25, 0.3) is 5.91 Å². The number of phenolic OH excluding ortho intramolecular Hbond substituents is 1. The van der Waals surface area contributed by atoms with Crippen molar-refractivity contribution in [3.05, 3.63) is 72.1 Å². The molecule has 0 bridgehead atoms. The van der Waals surface area contributed by atoms with E-state index >= 15 is 0 Å². The van der Waals surface area contributed by atoms with E-state index < -0.39 is 0 Å². The van der Waals surface area contributed by atoms with Crippen LogP contribution in [0.15, 0.2) is 60.7 Å². The van der Waals surface area contributed by atoms with Gasteiger partial charge in [-0.2, -0.15) is 5.10 Å². The van der Waals surface area contributed by atoms with Crippen molar-refractivity contribution in [1.29, 1.82) is 0 Å². The van der Waals surface area contributed by atoms with Crippen molar-refractivity contribution in [2.75, 3.05) is 11.9 Å². The molecule has 29 heavy (non-hydrogen) atoms. The topological polar surface area (TPSA) is 88.8 Å². The van der Waals surface area contributed by atoms with Crippen LogP contribution in [0.25, 0.3) is 16.9 Å². The fourth-order valence-electron chi connectivity index (χ4n) is 3.05. The average molecular weight is 388 g/mol. The zero-order valence-corrected chi connectivity index (χ0v) is 16.1. The highest BCUT2D eigenvalue weighted by atomic mass is 16.5. The third kappa shape index (κ3) is 3.89. The molecule has 0 fully saturated rings. The molecule has 0 aliphatic heterocycles. The first kappa shape index (κ1) is 18.5. The zero-order chi connectivity index (χ0) is 20.4. The van der Waals surface area contributed by atoms with Crippen molar-refractivity contribution in [3.63, 3.8) is 0 Å². The first-order chi connectivity index (χ1) is 14.0. The summed E-state index contributed by atoms with van der Waals surface area (Å²) in [5.74, 6) is 0.516. The Morgan fingerprint density at radius 2 is 1.93 bits per heavy atom. The molecule has 0 saturated heterocycles. The van der Waals surface area contributed by atoms with Crippen LogP contribution in [-0.4, -0.2) is 32.2 Å². The minimum atomic E-state index is -0.372. The Morgan fingerprint density at radius 3 is 2.66 bits per heavy atom. The SMILES string of the molecule is CCOc1ccc(-c2cc(C)n3nc(C(=O)Nc4cccc(O)c4)cc3n2)cc1. The molecule has 0 unspecified atom stereocenters. The summed E-state index contributed by atoms with van der Waals surface area (Å²) in [6.45, 7) is 4.48. The molecule has 0 saturated carbocycles. The highest BCUT2D eigenvalue weighted by molar-refractivity contribution is 6.03. The number of hydrogen-bond acceptors (Lipinski definition) is 5. The second-order valence-corrected chi connectivity index (χ2v) is 6.54. The predicted molar refractivity (Wildman–Crippen MR) is 110 cm³/mol. The number of carbonyl (C=O) groups is 1. The second-order valence-electron chi connectivity index (χ2n) is 6.54. The second kappa shape index (κ2) is 7.63. The number of aromatic nitrogens is 3. The predicted octanol–water partition coefficient (Wildman–Crippen LogP) is 4.06. The minimum Gasteiger partial charge on any atom is -0.508 e. The maximum Gasteiger partial charge on any atom is 0.276 e. The smallest absolute Gasteiger partial charge is 0.276 e. The monoisotopic (exact) mass is 388 g/mol. The highest BCUT2D eigenvalue weighted by Gasteiger charge is 2.14. The Labute approximate surface area is 167 Å². The number of fused-ring (bicyclic) bond motifs is 1. The quantitative estimate of drug-likeness (QED) is 0.538. The Kier molecular flexibility index (Phi) is 4.87. The van der Waals surface area contributed by atoms with Gasteiger partial charge in [0.1, 0.15) is 11.5 Å². The number of amides is 1. The number of benzene rings is 2. The van der Waals surface area contributed by atoms with Crippen LogP contribution in [0.2, 0.25) is 0 Å². The van der Waals surface area contributed by atoms with E-state index in [2.05, 4.69) is 15.4 Å². The summed E-state index contributed by atoms with van der Waals surface area (Å²) >= 11 is 0. The van der Waals surface area contributed by atoms with Gasteiger partial charge in [0.15, 0.2) is 11.3 Å². The lowest BCUT2D eigenvalue weighted by atomic mass is 10.1. The summed E-state index contributed by atoms with van der Waals surface area (Å²) < 4.78 is 7.12. The van der Waals surface area contributed by atoms with Gasteiger partial charge in [-0.25, -0.2) is 9.50 Å². The molecule has 4 rings (SSSR count). The molecule has 4 aromatic rings. The standard InChI is InChI=1S/C22H20N4O3/c1-3-29-18-9-7-15(8-10-18)19-11-14(2)26-21(24-19)13-20(25-26)22(28)23-16-5-4-6-17(27)12-16/h4-13,27H,3H2,1-2H3,(H,23,28). The lowest BCUT2D eigenvalue weighted by Crippen LogP contribution is -2.12. The average Bonchev–Trinajstić information content (AvgIpc) is 3.14. The lowest BCUT2D eigenvalue weighted by Gasteiger charge is -2.06. The summed E-state index contributed by atoms with van der Waals surface area (Å²) in [5, 5.41) is 16.6. The Bertz CT molecular complexity index is 1180. The molecule has 0 atom stereocenters. The van der Waals surface area contributed by atoms with Crippen molar-refractivity contribution in [3.8, 4) is 22.8 Å². The number of rotatable bonds is 5. The number of anilines is 1. The molecule has 146 valence electrons. The molecular formula is C22H20N4O3. The van der Waals surface area contributed by atoms with E-state index in [1.165, 1.54) is 12.1 Å². The number of nitrogens with zero attached hydrogens (tertiary/aromatic N) is 3. The van der Waals surface area contributed by atoms with E-state index in [1.807, 2.05) is 44.2 Å². The number of carbonyl (C=O) groups excluding carboxylic acids is 1. The van der Waals surface area contributed by atoms with Gasteiger partial charge in [0.2, 0.25) is 0 Å². The molecular weight excluding hydrogens is 368 g/mol. The normalized spacial score (nSPS) is 10.8. The molecule has 0 aliphatic carbocycles. The minimum absolute atomic E-state index is 0.0790. The lowest BCUT2D eigenvalue weighted by molar-refractivity contribution is 0.102. The molecule has 2 N–H and O–H groups in total. The van der Waals surface area contributed by atoms with Crippen LogP contribution in [0.4, 0.5) is 5.69 Å². The van der Waals surface area contributed by atoms with E-state index in [1.54, 1.807) is 22.7 Å². The van der Waals surface area contributed by atoms with Crippen molar-refractivity contribution in [2.45, 2.75) is 13.8 Å². The molecule has 2 aromatic heterocycles. The van der Waals surface area contributed by atoms with E-state index in [4.69, 9.17) is 4.74 Å². The van der Waals surface area contributed by atoms with Gasteiger partial charge < -0.3 is 15.2 Å². The number of ether oxygens (including phenoxy) is 1. The van der Waals surface area contributed by atoms with Crippen molar-refractivity contribution >= 4 is 17.2 Å². The number of nitrogens with one attached hydrogen (secondary N) is 1. The van der Waals surface area contributed by atoms with E-state index in [-0.39, 0.29) is 17.4 Å². The van der Waals surface area contributed by atoms with E-state index in [9.17, 15) is 9.90 Å². The first-order valence-electron chi connectivity index (χ1n) is 9.24. The van der Waals surface area contributed by atoms with Crippen molar-refractivity contribution < 1.29 is 14.6 Å². The van der Waals surface area contributed by atoms with Crippen LogP contribution < -0.4 is 10.1 Å². The molecule has 7 heteroatoms. The van der Waals surface area contributed by atoms with Gasteiger partial charge in [-0.3, -0.25) is 4.79 Å². The largest absolute Gasteiger partial charge is 0.508 e. The van der Waals surface area contributed by atoms with Gasteiger partial charge in [-0.05, 0) is 56.3 Å². The highest BCUT2D eigenvalue weighted by Crippen LogP contribution is 2.23. The molecule has 2 aromatic carbocycles. The van der Waals surface area contributed by atoms with Crippen LogP contribution in [-0.2, 0) is 0 Å². The molecule has 0 aliphatic rings. The zero-order valence-electron chi connectivity index (χ0n) is 16.1. The van der Waals surface area contributed by atoms with Crippen molar-refractivity contribution in [2.24, 2.45) is 0 Å². The Morgan fingerprint density at radius 1 is 1.14 bits per heavy atom. The Hall–Kier alpha value is -3.87. The van der Waals surface area contributed by atoms with E-state index in [0.717, 1.165) is 22.7 Å². The number of aryl methyl sites for hydroxylation is 1. The van der Waals surface area contributed by atoms with Crippen LogP contribution in [0.1, 0.15) is 23.1 Å². The molecule has 0 spiro atoms. The van der Waals surface area contributed by atoms with Crippen LogP contribution in [0.3, 0.4) is 0 Å². The third-order valence-electron chi connectivity index (χ3n) is 4.40. The van der Waals surface area contributed by atoms with E-state index in [0.29, 0.717) is 17.9 Å². The first-order valence-corrected chi connectivity index (χ1v) is 9.24. The van der Waals surface area contributed by atoms with Gasteiger partial charge >= 0.3 is 0 Å². The summed E-state index contributed by atoms with van der Waals surface area (Å²) in [6, 6.07) is 17.6. The van der Waals surface area contributed by atoms with Gasteiger partial charge in [-0.1, -0.05) is 6.07 Å². The maximum atomic E-state index is 12.5. The Balaban J connectivity index is 1.63. The summed E-state index contributed by atoms with van der Waals surface area (Å²) in [7, 11) is 0. The molecule has 2 heterocycles. The van der Waals surface area contributed by atoms with Crippen LogP contribution in [0.5, 0.6) is 11.5 Å². The molecule has 1 amide bonds. The molecule has 7 nitrogen and oxygen atoms in total. The number of phenols is 1. The summed E-state index contributed by atoms with van der Waals surface area (Å²) in [4.78, 5) is 17.2. The third-order valence-corrected chi connectivity index (χ3v) is 4.40. The maximum absolute atomic E-state index is 12.5. The summed E-state index contributed by atoms with van der Waals surface area (Å²) in [6.07, 6.45) is 0. The van der Waals surface area contributed by atoms with Gasteiger partial charge in [-0.15, -0.1) is 0 Å². The van der Waals surface area contributed by atoms with Crippen molar-refractivity contribution in [1.82, 2.24) is 14.6 Å². The van der Waals surface area contributed by atoms with Gasteiger partial charge in [0, 0.05) is 29.1 Å². The van der Waals surface area contributed by atoms with Gasteiger partial charge in [0.05, 0.1) is 12.3 Å². The molecule has 0 radical (unpaired) electrons. The van der Waals surface area contributed by atoms with Crippen LogP contribution in [0, 0.1) is 6.92 Å². The number of hydrogen-bond donors (Lipinski definition) is 2. The van der Waals surface area contributed by atoms with Crippen LogP contribution >= 0.6 is 0 Å². The fraction of sp³-hybridized carbons (Fsp3) is 0.136. The number of aromatic hydroxyl groups is 1. The fourth-order valence-corrected chi connectivity index (χ4v) is 3.05.